The quantitative estimate of drug-likeness (QED) is 0.638. The van der Waals surface area contributed by atoms with Gasteiger partial charge in [0.25, 0.3) is 5.56 Å². The van der Waals surface area contributed by atoms with Gasteiger partial charge in [0.1, 0.15) is 28.5 Å². The van der Waals surface area contributed by atoms with Crippen LogP contribution in [0.2, 0.25) is 0 Å². The summed E-state index contributed by atoms with van der Waals surface area (Å²) in [5.41, 5.74) is 1.79. The van der Waals surface area contributed by atoms with Crippen molar-refractivity contribution >= 4 is 15.9 Å². The molecule has 0 saturated heterocycles. The zero-order chi connectivity index (χ0) is 20.4. The number of nitrogens with zero attached hydrogens (tertiary/aromatic N) is 2. The SMILES string of the molecule is Cc1c(CO)cccc1-n1c(C)nc(OCc2ccc(F)cc2F)c(Br)c1=O. The van der Waals surface area contributed by atoms with Crippen molar-refractivity contribution < 1.29 is 18.6 Å². The molecule has 0 amide bonds. The van der Waals surface area contributed by atoms with Crippen LogP contribution in [-0.2, 0) is 13.2 Å². The van der Waals surface area contributed by atoms with Crippen LogP contribution >= 0.6 is 15.9 Å². The van der Waals surface area contributed by atoms with Gasteiger partial charge >= 0.3 is 0 Å². The first kappa shape index (κ1) is 20.2. The van der Waals surface area contributed by atoms with Crippen LogP contribution in [0.1, 0.15) is 22.5 Å². The minimum atomic E-state index is -0.738. The number of ether oxygens (including phenoxy) is 1. The van der Waals surface area contributed by atoms with Crippen molar-refractivity contribution in [3.8, 4) is 11.6 Å². The van der Waals surface area contributed by atoms with Gasteiger partial charge in [0.05, 0.1) is 12.3 Å². The van der Waals surface area contributed by atoms with E-state index in [0.717, 1.165) is 17.7 Å². The first-order chi connectivity index (χ1) is 13.3. The Labute approximate surface area is 168 Å². The largest absolute Gasteiger partial charge is 0.472 e. The summed E-state index contributed by atoms with van der Waals surface area (Å²) >= 11 is 3.20. The highest BCUT2D eigenvalue weighted by Crippen LogP contribution is 2.24. The van der Waals surface area contributed by atoms with Crippen molar-refractivity contribution in [1.29, 1.82) is 0 Å². The molecule has 0 unspecified atom stereocenters. The predicted molar refractivity (Wildman–Crippen MR) is 104 cm³/mol. The third-order valence-corrected chi connectivity index (χ3v) is 5.05. The molecule has 8 heteroatoms. The van der Waals surface area contributed by atoms with E-state index < -0.39 is 17.2 Å². The fourth-order valence-electron chi connectivity index (χ4n) is 2.83. The Balaban J connectivity index is 1.98. The Kier molecular flexibility index (Phi) is 5.90. The maximum Gasteiger partial charge on any atom is 0.276 e. The third-order valence-electron chi connectivity index (χ3n) is 4.37. The number of hydrogen-bond acceptors (Lipinski definition) is 4. The van der Waals surface area contributed by atoms with Gasteiger partial charge in [-0.05, 0) is 59.1 Å². The second-order valence-electron chi connectivity index (χ2n) is 6.16. The predicted octanol–water partition coefficient (Wildman–Crippen LogP) is 3.96. The first-order valence-corrected chi connectivity index (χ1v) is 9.18. The summed E-state index contributed by atoms with van der Waals surface area (Å²) < 4.78 is 33.8. The molecule has 2 aromatic carbocycles. The van der Waals surface area contributed by atoms with Crippen LogP contribution in [0.15, 0.2) is 45.7 Å². The summed E-state index contributed by atoms with van der Waals surface area (Å²) in [5.74, 6) is -1.04. The Morgan fingerprint density at radius 3 is 2.61 bits per heavy atom. The number of hydrogen-bond donors (Lipinski definition) is 1. The normalized spacial score (nSPS) is 10.9. The van der Waals surface area contributed by atoms with E-state index in [1.807, 2.05) is 6.92 Å². The van der Waals surface area contributed by atoms with E-state index in [1.165, 1.54) is 10.6 Å². The van der Waals surface area contributed by atoms with Crippen molar-refractivity contribution in [2.24, 2.45) is 0 Å². The fraction of sp³-hybridized carbons (Fsp3) is 0.200. The van der Waals surface area contributed by atoms with Gasteiger partial charge in [-0.1, -0.05) is 12.1 Å². The second-order valence-corrected chi connectivity index (χ2v) is 6.96. The number of aliphatic hydroxyl groups excluding tert-OH is 1. The summed E-state index contributed by atoms with van der Waals surface area (Å²) in [4.78, 5) is 17.2. The van der Waals surface area contributed by atoms with Gasteiger partial charge in [0.2, 0.25) is 5.88 Å². The minimum absolute atomic E-state index is 0.0124. The van der Waals surface area contributed by atoms with E-state index in [9.17, 15) is 18.7 Å². The molecule has 0 spiro atoms. The van der Waals surface area contributed by atoms with E-state index in [-0.39, 0.29) is 29.1 Å². The number of aliphatic hydroxyl groups is 1. The number of halogens is 3. The average Bonchev–Trinajstić information content (AvgIpc) is 2.66. The molecule has 28 heavy (non-hydrogen) atoms. The number of benzene rings is 2. The van der Waals surface area contributed by atoms with E-state index in [0.29, 0.717) is 17.1 Å². The molecular formula is C20H17BrF2N2O3. The van der Waals surface area contributed by atoms with E-state index in [2.05, 4.69) is 20.9 Å². The smallest absolute Gasteiger partial charge is 0.276 e. The van der Waals surface area contributed by atoms with Crippen molar-refractivity contribution in [3.63, 3.8) is 0 Å². The van der Waals surface area contributed by atoms with Gasteiger partial charge in [0.15, 0.2) is 0 Å². The molecule has 1 N–H and O–H groups in total. The lowest BCUT2D eigenvalue weighted by Crippen LogP contribution is -2.24. The molecule has 3 rings (SSSR count). The molecule has 0 bridgehead atoms. The zero-order valence-electron chi connectivity index (χ0n) is 15.2. The zero-order valence-corrected chi connectivity index (χ0v) is 16.8. The van der Waals surface area contributed by atoms with E-state index in [1.54, 1.807) is 25.1 Å². The van der Waals surface area contributed by atoms with Crippen LogP contribution in [0, 0.1) is 25.5 Å². The Hall–Kier alpha value is -2.58. The lowest BCUT2D eigenvalue weighted by atomic mass is 10.1. The van der Waals surface area contributed by atoms with Crippen molar-refractivity contribution in [2.45, 2.75) is 27.1 Å². The van der Waals surface area contributed by atoms with Gasteiger partial charge in [-0.2, -0.15) is 4.98 Å². The summed E-state index contributed by atoms with van der Waals surface area (Å²) in [7, 11) is 0. The molecule has 0 fully saturated rings. The summed E-state index contributed by atoms with van der Waals surface area (Å²) in [6.45, 7) is 3.10. The van der Waals surface area contributed by atoms with E-state index >= 15 is 0 Å². The van der Waals surface area contributed by atoms with Crippen LogP contribution < -0.4 is 10.3 Å². The summed E-state index contributed by atoms with van der Waals surface area (Å²) in [5, 5.41) is 9.46. The van der Waals surface area contributed by atoms with E-state index in [4.69, 9.17) is 4.74 Å². The molecule has 0 aliphatic carbocycles. The molecule has 146 valence electrons. The number of aryl methyl sites for hydroxylation is 1. The van der Waals surface area contributed by atoms with Gasteiger partial charge in [-0.3, -0.25) is 9.36 Å². The summed E-state index contributed by atoms with van der Waals surface area (Å²) in [6, 6.07) is 8.44. The average molecular weight is 451 g/mol. The first-order valence-electron chi connectivity index (χ1n) is 8.39. The Morgan fingerprint density at radius 1 is 1.18 bits per heavy atom. The highest BCUT2D eigenvalue weighted by Gasteiger charge is 2.17. The molecular weight excluding hydrogens is 434 g/mol. The molecule has 1 heterocycles. The third kappa shape index (κ3) is 3.83. The number of rotatable bonds is 5. The van der Waals surface area contributed by atoms with Gasteiger partial charge in [0, 0.05) is 11.6 Å². The maximum atomic E-state index is 13.8. The molecule has 1 aromatic heterocycles. The lowest BCUT2D eigenvalue weighted by Gasteiger charge is -2.16. The number of aromatic nitrogens is 2. The van der Waals surface area contributed by atoms with Gasteiger partial charge < -0.3 is 9.84 Å². The molecule has 0 aliphatic rings. The minimum Gasteiger partial charge on any atom is -0.472 e. The fourth-order valence-corrected chi connectivity index (χ4v) is 3.21. The van der Waals surface area contributed by atoms with Crippen LogP contribution in [0.3, 0.4) is 0 Å². The van der Waals surface area contributed by atoms with Crippen molar-refractivity contribution in [2.75, 3.05) is 0 Å². The van der Waals surface area contributed by atoms with Crippen molar-refractivity contribution in [3.05, 3.63) is 85.4 Å². The molecule has 0 saturated carbocycles. The standard InChI is InChI=1S/C20H17BrF2N2O3/c1-11-13(9-26)4-3-5-17(11)25-12(2)24-19(18(21)20(25)27)28-10-14-6-7-15(22)8-16(14)23/h3-8,26H,9-10H2,1-2H3. The molecule has 5 nitrogen and oxygen atoms in total. The van der Waals surface area contributed by atoms with Crippen LogP contribution in [0.5, 0.6) is 5.88 Å². The maximum absolute atomic E-state index is 13.8. The molecule has 0 radical (unpaired) electrons. The highest BCUT2D eigenvalue weighted by atomic mass is 79.9. The van der Waals surface area contributed by atoms with Gasteiger partial charge in [-0.15, -0.1) is 0 Å². The topological polar surface area (TPSA) is 64.3 Å². The van der Waals surface area contributed by atoms with Crippen LogP contribution in [-0.4, -0.2) is 14.7 Å². The lowest BCUT2D eigenvalue weighted by molar-refractivity contribution is 0.280. The Bertz CT molecular complexity index is 1100. The molecule has 0 atom stereocenters. The monoisotopic (exact) mass is 450 g/mol. The molecule has 3 aromatic rings. The summed E-state index contributed by atoms with van der Waals surface area (Å²) in [6.07, 6.45) is 0. The second kappa shape index (κ2) is 8.20. The van der Waals surface area contributed by atoms with Crippen LogP contribution in [0.25, 0.3) is 5.69 Å². The van der Waals surface area contributed by atoms with Gasteiger partial charge in [-0.25, -0.2) is 8.78 Å². The Morgan fingerprint density at radius 2 is 1.93 bits per heavy atom. The van der Waals surface area contributed by atoms with Crippen LogP contribution in [0.4, 0.5) is 8.78 Å². The molecule has 0 aliphatic heterocycles. The van der Waals surface area contributed by atoms with Crippen molar-refractivity contribution in [1.82, 2.24) is 9.55 Å². The highest BCUT2D eigenvalue weighted by molar-refractivity contribution is 9.10.